The zero-order valence-electron chi connectivity index (χ0n) is 22.6. The highest BCUT2D eigenvalue weighted by molar-refractivity contribution is 5.94. The standard InChI is InChI=1S/C30H42O7/c1-4-6-15-35-23-18-22(30(29(33)34)13-7-8-14-30)19-24(20-23)36-16-9-17-37-27-12-11-25(21(3)31)28(32)26(27)10-5-2/h18-20,32H,4-17H2,1-3H3,(H,33,34). The SMILES string of the molecule is CCCCOc1cc(OCCCOC2=C(CCC)C(O)=C(C(C)=O)CC2)cc(C2(C(=O)O)CCCC2)c1. The number of ketones is 1. The molecule has 1 saturated carbocycles. The van der Waals surface area contributed by atoms with Gasteiger partial charge in [0.25, 0.3) is 0 Å². The lowest BCUT2D eigenvalue weighted by molar-refractivity contribution is -0.143. The average Bonchev–Trinajstić information content (AvgIpc) is 3.37. The van der Waals surface area contributed by atoms with Gasteiger partial charge in [-0.3, -0.25) is 9.59 Å². The maximum atomic E-state index is 12.3. The number of benzene rings is 1. The van der Waals surface area contributed by atoms with E-state index in [2.05, 4.69) is 6.92 Å². The topological polar surface area (TPSA) is 102 Å². The Morgan fingerprint density at radius 3 is 2.08 bits per heavy atom. The Labute approximate surface area is 220 Å². The molecule has 1 aromatic carbocycles. The molecule has 2 aliphatic carbocycles. The van der Waals surface area contributed by atoms with Gasteiger partial charge in [-0.1, -0.05) is 39.5 Å². The number of unbranched alkanes of at least 4 members (excludes halogenated alkanes) is 1. The van der Waals surface area contributed by atoms with Gasteiger partial charge in [-0.25, -0.2) is 0 Å². The summed E-state index contributed by atoms with van der Waals surface area (Å²) in [5.41, 5.74) is 1.08. The Morgan fingerprint density at radius 1 is 0.892 bits per heavy atom. The van der Waals surface area contributed by atoms with Crippen molar-refractivity contribution in [3.63, 3.8) is 0 Å². The Balaban J connectivity index is 1.66. The third kappa shape index (κ3) is 7.08. The highest BCUT2D eigenvalue weighted by atomic mass is 16.5. The lowest BCUT2D eigenvalue weighted by Gasteiger charge is -2.26. The minimum absolute atomic E-state index is 0.0820. The number of hydrogen-bond acceptors (Lipinski definition) is 6. The van der Waals surface area contributed by atoms with Gasteiger partial charge in [-0.2, -0.15) is 0 Å². The molecule has 2 aliphatic rings. The summed E-state index contributed by atoms with van der Waals surface area (Å²) < 4.78 is 18.0. The molecular weight excluding hydrogens is 472 g/mol. The van der Waals surface area contributed by atoms with Crippen LogP contribution in [0.2, 0.25) is 0 Å². The van der Waals surface area contributed by atoms with Crippen LogP contribution in [0.25, 0.3) is 0 Å². The first-order chi connectivity index (χ1) is 17.8. The molecule has 7 nitrogen and oxygen atoms in total. The van der Waals surface area contributed by atoms with Crippen LogP contribution in [0.1, 0.15) is 97.0 Å². The first-order valence-corrected chi connectivity index (χ1v) is 13.7. The van der Waals surface area contributed by atoms with E-state index in [0.717, 1.165) is 49.0 Å². The summed E-state index contributed by atoms with van der Waals surface area (Å²) in [5, 5.41) is 20.6. The number of rotatable bonds is 15. The number of Topliss-reactive ketones (excluding diaryl/α,β-unsaturated/α-hetero) is 1. The van der Waals surface area contributed by atoms with Crippen LogP contribution < -0.4 is 9.47 Å². The normalized spacial score (nSPS) is 17.2. The minimum atomic E-state index is -0.886. The van der Waals surface area contributed by atoms with Crippen LogP contribution in [0, 0.1) is 0 Å². The molecule has 0 aromatic heterocycles. The fourth-order valence-corrected chi connectivity index (χ4v) is 5.23. The summed E-state index contributed by atoms with van der Waals surface area (Å²) in [4.78, 5) is 24.1. The molecule has 0 atom stereocenters. The second-order valence-corrected chi connectivity index (χ2v) is 10.1. The zero-order valence-corrected chi connectivity index (χ0v) is 22.6. The number of aliphatic hydroxyl groups excluding tert-OH is 1. The zero-order chi connectivity index (χ0) is 26.8. The maximum Gasteiger partial charge on any atom is 0.314 e. The highest BCUT2D eigenvalue weighted by Gasteiger charge is 2.43. The predicted octanol–water partition coefficient (Wildman–Crippen LogP) is 6.80. The number of ether oxygens (including phenoxy) is 3. The van der Waals surface area contributed by atoms with E-state index in [4.69, 9.17) is 14.2 Å². The first-order valence-electron chi connectivity index (χ1n) is 13.7. The van der Waals surface area contributed by atoms with Crippen LogP contribution in [0.15, 0.2) is 40.9 Å². The molecule has 0 spiro atoms. The lowest BCUT2D eigenvalue weighted by atomic mass is 9.79. The second-order valence-electron chi connectivity index (χ2n) is 10.1. The number of carbonyl (C=O) groups is 2. The third-order valence-electron chi connectivity index (χ3n) is 7.33. The third-order valence-corrected chi connectivity index (χ3v) is 7.33. The first kappa shape index (κ1) is 28.6. The van der Waals surface area contributed by atoms with E-state index < -0.39 is 11.4 Å². The Bertz CT molecular complexity index is 1010. The van der Waals surface area contributed by atoms with E-state index in [-0.39, 0.29) is 11.5 Å². The van der Waals surface area contributed by atoms with Crippen molar-refractivity contribution in [2.75, 3.05) is 19.8 Å². The molecule has 1 fully saturated rings. The van der Waals surface area contributed by atoms with E-state index in [1.165, 1.54) is 6.92 Å². The summed E-state index contributed by atoms with van der Waals surface area (Å²) in [7, 11) is 0. The fourth-order valence-electron chi connectivity index (χ4n) is 5.23. The van der Waals surface area contributed by atoms with Crippen molar-refractivity contribution in [3.8, 4) is 11.5 Å². The Morgan fingerprint density at radius 2 is 1.51 bits per heavy atom. The summed E-state index contributed by atoms with van der Waals surface area (Å²) >= 11 is 0. The quantitative estimate of drug-likeness (QED) is 0.248. The number of hydrogen-bond donors (Lipinski definition) is 2. The average molecular weight is 515 g/mol. The van der Waals surface area contributed by atoms with Crippen LogP contribution >= 0.6 is 0 Å². The number of allylic oxidation sites excluding steroid dienone is 3. The van der Waals surface area contributed by atoms with Gasteiger partial charge in [-0.05, 0) is 56.7 Å². The van der Waals surface area contributed by atoms with E-state index in [9.17, 15) is 19.8 Å². The number of carboxylic acid groups (broad SMARTS) is 1. The molecule has 0 amide bonds. The van der Waals surface area contributed by atoms with Gasteiger partial charge in [0.1, 0.15) is 23.0 Å². The molecule has 0 aliphatic heterocycles. The molecule has 0 unspecified atom stereocenters. The fraction of sp³-hybridized carbons (Fsp3) is 0.600. The van der Waals surface area contributed by atoms with Crippen molar-refractivity contribution >= 4 is 11.8 Å². The van der Waals surface area contributed by atoms with Crippen molar-refractivity contribution in [1.29, 1.82) is 0 Å². The van der Waals surface area contributed by atoms with Crippen LogP contribution in [-0.4, -0.2) is 41.8 Å². The molecule has 0 radical (unpaired) electrons. The van der Waals surface area contributed by atoms with Gasteiger partial charge in [0.05, 0.1) is 25.2 Å². The summed E-state index contributed by atoms with van der Waals surface area (Å²) in [6, 6.07) is 5.55. The lowest BCUT2D eigenvalue weighted by Crippen LogP contribution is -2.32. The van der Waals surface area contributed by atoms with E-state index in [0.29, 0.717) is 75.4 Å². The van der Waals surface area contributed by atoms with Crippen molar-refractivity contribution in [3.05, 3.63) is 46.4 Å². The van der Waals surface area contributed by atoms with Gasteiger partial charge in [0, 0.05) is 30.1 Å². The largest absolute Gasteiger partial charge is 0.507 e. The Kier molecular flexibility index (Phi) is 10.5. The summed E-state index contributed by atoms with van der Waals surface area (Å²) in [6.45, 7) is 7.01. The summed E-state index contributed by atoms with van der Waals surface area (Å²) in [6.07, 6.45) is 8.19. The predicted molar refractivity (Wildman–Crippen MR) is 142 cm³/mol. The molecule has 7 heteroatoms. The summed E-state index contributed by atoms with van der Waals surface area (Å²) in [5.74, 6) is 1.20. The Hall–Kier alpha value is -2.96. The van der Waals surface area contributed by atoms with Gasteiger partial charge >= 0.3 is 5.97 Å². The molecule has 3 rings (SSSR count). The maximum absolute atomic E-state index is 12.3. The van der Waals surface area contributed by atoms with E-state index in [1.54, 1.807) is 0 Å². The number of carboxylic acids is 1. The van der Waals surface area contributed by atoms with Gasteiger partial charge in [-0.15, -0.1) is 0 Å². The van der Waals surface area contributed by atoms with Crippen LogP contribution in [0.3, 0.4) is 0 Å². The molecular formula is C30H42O7. The van der Waals surface area contributed by atoms with E-state index in [1.807, 2.05) is 25.1 Å². The smallest absolute Gasteiger partial charge is 0.314 e. The molecule has 0 heterocycles. The second kappa shape index (κ2) is 13.5. The van der Waals surface area contributed by atoms with Crippen LogP contribution in [0.4, 0.5) is 0 Å². The van der Waals surface area contributed by atoms with Gasteiger partial charge in [0.2, 0.25) is 0 Å². The van der Waals surface area contributed by atoms with Gasteiger partial charge < -0.3 is 24.4 Å². The van der Waals surface area contributed by atoms with Crippen LogP contribution in [0.5, 0.6) is 11.5 Å². The molecule has 1 aromatic rings. The molecule has 0 saturated heterocycles. The van der Waals surface area contributed by atoms with Crippen molar-refractivity contribution in [2.24, 2.45) is 0 Å². The molecule has 37 heavy (non-hydrogen) atoms. The monoisotopic (exact) mass is 514 g/mol. The van der Waals surface area contributed by atoms with Gasteiger partial charge in [0.15, 0.2) is 5.78 Å². The van der Waals surface area contributed by atoms with Crippen molar-refractivity contribution < 1.29 is 34.0 Å². The number of aliphatic hydroxyl groups is 1. The molecule has 0 bridgehead atoms. The number of carbonyl (C=O) groups excluding carboxylic acids is 1. The van der Waals surface area contributed by atoms with Crippen molar-refractivity contribution in [2.45, 2.75) is 96.8 Å². The van der Waals surface area contributed by atoms with Crippen LogP contribution in [-0.2, 0) is 19.7 Å². The molecule has 2 N–H and O–H groups in total. The van der Waals surface area contributed by atoms with E-state index >= 15 is 0 Å². The minimum Gasteiger partial charge on any atom is -0.507 e. The highest BCUT2D eigenvalue weighted by Crippen LogP contribution is 2.44. The van der Waals surface area contributed by atoms with Crippen molar-refractivity contribution in [1.82, 2.24) is 0 Å². The molecule has 204 valence electrons. The number of aliphatic carboxylic acids is 1.